The largest absolute Gasteiger partial charge is 0.354 e. The van der Waals surface area contributed by atoms with Crippen molar-refractivity contribution in [2.45, 2.75) is 33.2 Å². The van der Waals surface area contributed by atoms with Crippen molar-refractivity contribution in [2.75, 3.05) is 18.0 Å². The predicted octanol–water partition coefficient (Wildman–Crippen LogP) is 5.20. The molecule has 1 amide bonds. The molecule has 1 saturated heterocycles. The van der Waals surface area contributed by atoms with E-state index in [0.29, 0.717) is 18.1 Å². The Morgan fingerprint density at radius 1 is 1.18 bits per heavy atom. The number of amides is 1. The highest BCUT2D eigenvalue weighted by molar-refractivity contribution is 6.30. The van der Waals surface area contributed by atoms with E-state index in [0.717, 1.165) is 47.5 Å². The SMILES string of the molecule is Cc1ccc(-c2cc3c(N4CCCC(C(=O)NCc5cccc(Cl)c5)C4)nccn3n2)c(C)c1. The summed E-state index contributed by atoms with van der Waals surface area (Å²) < 4.78 is 1.89. The highest BCUT2D eigenvalue weighted by Gasteiger charge is 2.28. The molecule has 7 heteroatoms. The third-order valence-corrected chi connectivity index (χ3v) is 6.71. The van der Waals surface area contributed by atoms with Gasteiger partial charge in [0.25, 0.3) is 0 Å². The number of rotatable bonds is 5. The summed E-state index contributed by atoms with van der Waals surface area (Å²) in [6.45, 7) is 6.20. The van der Waals surface area contributed by atoms with Crippen molar-refractivity contribution in [1.29, 1.82) is 0 Å². The Hall–Kier alpha value is -3.38. The van der Waals surface area contributed by atoms with Crippen molar-refractivity contribution in [3.05, 3.63) is 82.6 Å². The molecule has 1 N–H and O–H groups in total. The predicted molar refractivity (Wildman–Crippen MR) is 136 cm³/mol. The molecule has 0 aliphatic carbocycles. The second-order valence-electron chi connectivity index (χ2n) is 9.06. The summed E-state index contributed by atoms with van der Waals surface area (Å²) in [5, 5.41) is 8.57. The second-order valence-corrected chi connectivity index (χ2v) is 9.50. The summed E-state index contributed by atoms with van der Waals surface area (Å²) in [7, 11) is 0. The first kappa shape index (κ1) is 22.4. The lowest BCUT2D eigenvalue weighted by Gasteiger charge is -2.33. The average molecular weight is 474 g/mol. The van der Waals surface area contributed by atoms with Crippen LogP contribution in [-0.2, 0) is 11.3 Å². The number of nitrogens with one attached hydrogen (secondary N) is 1. The zero-order valence-electron chi connectivity index (χ0n) is 19.5. The summed E-state index contributed by atoms with van der Waals surface area (Å²) >= 11 is 6.07. The van der Waals surface area contributed by atoms with Crippen LogP contribution in [0.1, 0.15) is 29.5 Å². The molecular formula is C27H28ClN5O. The van der Waals surface area contributed by atoms with Crippen molar-refractivity contribution >= 4 is 28.8 Å². The Labute approximate surface area is 204 Å². The smallest absolute Gasteiger partial charge is 0.225 e. The lowest BCUT2D eigenvalue weighted by molar-refractivity contribution is -0.125. The van der Waals surface area contributed by atoms with Crippen molar-refractivity contribution in [1.82, 2.24) is 19.9 Å². The fraction of sp³-hybridized carbons (Fsp3) is 0.296. The Kier molecular flexibility index (Phi) is 6.24. The molecule has 4 aromatic rings. The summed E-state index contributed by atoms with van der Waals surface area (Å²) in [6.07, 6.45) is 5.47. The minimum absolute atomic E-state index is 0.0705. The third kappa shape index (κ3) is 4.64. The number of carbonyl (C=O) groups excluding carboxylic acids is 1. The van der Waals surface area contributed by atoms with Gasteiger partial charge in [0.1, 0.15) is 5.52 Å². The van der Waals surface area contributed by atoms with Gasteiger partial charge in [-0.15, -0.1) is 0 Å². The minimum atomic E-state index is -0.0864. The quantitative estimate of drug-likeness (QED) is 0.432. The van der Waals surface area contributed by atoms with Crippen LogP contribution in [0, 0.1) is 19.8 Å². The van der Waals surface area contributed by atoms with Gasteiger partial charge in [-0.25, -0.2) is 9.50 Å². The first-order valence-electron chi connectivity index (χ1n) is 11.7. The van der Waals surface area contributed by atoms with Gasteiger partial charge in [-0.2, -0.15) is 5.10 Å². The summed E-state index contributed by atoms with van der Waals surface area (Å²) in [6, 6.07) is 16.1. The van der Waals surface area contributed by atoms with E-state index in [1.54, 1.807) is 6.20 Å². The van der Waals surface area contributed by atoms with Gasteiger partial charge in [-0.05, 0) is 56.0 Å². The van der Waals surface area contributed by atoms with Gasteiger partial charge in [-0.1, -0.05) is 47.5 Å². The summed E-state index contributed by atoms with van der Waals surface area (Å²) in [5.41, 5.74) is 6.44. The molecule has 2 aromatic heterocycles. The molecule has 0 saturated carbocycles. The van der Waals surface area contributed by atoms with Gasteiger partial charge in [0.05, 0.1) is 11.6 Å². The van der Waals surface area contributed by atoms with Crippen LogP contribution in [0.3, 0.4) is 0 Å². The number of piperidine rings is 1. The molecule has 2 aromatic carbocycles. The van der Waals surface area contributed by atoms with Crippen LogP contribution in [0.15, 0.2) is 60.9 Å². The van der Waals surface area contributed by atoms with Gasteiger partial charge < -0.3 is 10.2 Å². The number of anilines is 1. The number of benzene rings is 2. The molecule has 1 atom stereocenters. The molecule has 1 aliphatic rings. The third-order valence-electron chi connectivity index (χ3n) is 6.47. The lowest BCUT2D eigenvalue weighted by atomic mass is 9.97. The molecule has 1 fully saturated rings. The van der Waals surface area contributed by atoms with Crippen molar-refractivity contribution < 1.29 is 4.79 Å². The van der Waals surface area contributed by atoms with Crippen molar-refractivity contribution in [2.24, 2.45) is 5.92 Å². The van der Waals surface area contributed by atoms with E-state index in [1.807, 2.05) is 35.0 Å². The van der Waals surface area contributed by atoms with Gasteiger partial charge in [0.15, 0.2) is 5.82 Å². The number of fused-ring (bicyclic) bond motifs is 1. The number of carbonyl (C=O) groups is 1. The number of halogens is 1. The zero-order chi connectivity index (χ0) is 23.7. The van der Waals surface area contributed by atoms with Gasteiger partial charge in [0, 0.05) is 42.6 Å². The molecule has 0 spiro atoms. The molecule has 0 bridgehead atoms. The number of hydrogen-bond donors (Lipinski definition) is 1. The van der Waals surface area contributed by atoms with E-state index in [4.69, 9.17) is 16.7 Å². The Balaban J connectivity index is 1.35. The number of nitrogens with zero attached hydrogens (tertiary/aromatic N) is 4. The molecule has 5 rings (SSSR count). The van der Waals surface area contributed by atoms with Crippen molar-refractivity contribution in [3.8, 4) is 11.3 Å². The van der Waals surface area contributed by atoms with Crippen LogP contribution in [0.4, 0.5) is 5.82 Å². The molecule has 174 valence electrons. The highest BCUT2D eigenvalue weighted by atomic mass is 35.5. The van der Waals surface area contributed by atoms with Crippen LogP contribution in [0.5, 0.6) is 0 Å². The van der Waals surface area contributed by atoms with Gasteiger partial charge in [0.2, 0.25) is 5.91 Å². The Morgan fingerprint density at radius 3 is 2.88 bits per heavy atom. The van der Waals surface area contributed by atoms with Crippen LogP contribution in [-0.4, -0.2) is 33.6 Å². The fourth-order valence-corrected chi connectivity index (χ4v) is 4.96. The van der Waals surface area contributed by atoms with Crippen LogP contribution in [0.25, 0.3) is 16.8 Å². The maximum absolute atomic E-state index is 12.9. The van der Waals surface area contributed by atoms with Crippen LogP contribution < -0.4 is 10.2 Å². The first-order chi connectivity index (χ1) is 16.5. The summed E-state index contributed by atoms with van der Waals surface area (Å²) in [5.74, 6) is 0.858. The second kappa shape index (κ2) is 9.47. The fourth-order valence-electron chi connectivity index (χ4n) is 4.75. The molecule has 3 heterocycles. The molecule has 1 aliphatic heterocycles. The monoisotopic (exact) mass is 473 g/mol. The van der Waals surface area contributed by atoms with Crippen LogP contribution >= 0.6 is 11.6 Å². The van der Waals surface area contributed by atoms with E-state index in [9.17, 15) is 4.79 Å². The maximum atomic E-state index is 12.9. The molecule has 6 nitrogen and oxygen atoms in total. The lowest BCUT2D eigenvalue weighted by Crippen LogP contribution is -2.43. The molecule has 34 heavy (non-hydrogen) atoms. The topological polar surface area (TPSA) is 62.5 Å². The summed E-state index contributed by atoms with van der Waals surface area (Å²) in [4.78, 5) is 19.9. The average Bonchev–Trinajstić information content (AvgIpc) is 3.27. The highest BCUT2D eigenvalue weighted by Crippen LogP contribution is 2.30. The van der Waals surface area contributed by atoms with E-state index >= 15 is 0 Å². The molecule has 1 unspecified atom stereocenters. The zero-order valence-corrected chi connectivity index (χ0v) is 20.2. The maximum Gasteiger partial charge on any atom is 0.225 e. The molecular weight excluding hydrogens is 446 g/mol. The molecule has 0 radical (unpaired) electrons. The van der Waals surface area contributed by atoms with E-state index in [1.165, 1.54) is 11.1 Å². The van der Waals surface area contributed by atoms with Gasteiger partial charge >= 0.3 is 0 Å². The first-order valence-corrected chi connectivity index (χ1v) is 12.0. The normalized spacial score (nSPS) is 16.1. The number of hydrogen-bond acceptors (Lipinski definition) is 4. The van der Waals surface area contributed by atoms with E-state index in [2.05, 4.69) is 53.3 Å². The number of aromatic nitrogens is 3. The standard InChI is InChI=1S/C27H28ClN5O/c1-18-8-9-23(19(2)13-18)24-15-25-26(29-10-12-33(25)31-24)32-11-4-6-21(17-32)27(34)30-16-20-5-3-7-22(28)14-20/h3,5,7-10,12-15,21H,4,6,11,16-17H2,1-2H3,(H,30,34). The minimum Gasteiger partial charge on any atom is -0.354 e. The number of aryl methyl sites for hydroxylation is 2. The van der Waals surface area contributed by atoms with Crippen molar-refractivity contribution in [3.63, 3.8) is 0 Å². The Bertz CT molecular complexity index is 1350. The van der Waals surface area contributed by atoms with E-state index < -0.39 is 0 Å². The van der Waals surface area contributed by atoms with Crippen LogP contribution in [0.2, 0.25) is 5.02 Å². The Morgan fingerprint density at radius 2 is 2.06 bits per heavy atom. The van der Waals surface area contributed by atoms with E-state index in [-0.39, 0.29) is 11.8 Å². The van der Waals surface area contributed by atoms with Gasteiger partial charge in [-0.3, -0.25) is 4.79 Å².